The zero-order valence-corrected chi connectivity index (χ0v) is 4.60. The van der Waals surface area contributed by atoms with Gasteiger partial charge in [0.05, 0.1) is 11.2 Å². The molecular weight excluding hydrogens is 116 g/mol. The zero-order chi connectivity index (χ0) is 6.10. The third-order valence-corrected chi connectivity index (χ3v) is 1.08. The van der Waals surface area contributed by atoms with Crippen LogP contribution in [0, 0.1) is 0 Å². The molecule has 0 aromatic rings. The van der Waals surface area contributed by atoms with Crippen LogP contribution in [-0.4, -0.2) is 18.4 Å². The Hall–Kier alpha value is -1.29. The molecular formula is C5H4N4+. The van der Waals surface area contributed by atoms with E-state index in [0.29, 0.717) is 0 Å². The van der Waals surface area contributed by atoms with Crippen LogP contribution in [0.1, 0.15) is 0 Å². The highest BCUT2D eigenvalue weighted by Crippen LogP contribution is 1.98. The summed E-state index contributed by atoms with van der Waals surface area (Å²) in [5.41, 5.74) is 0. The number of rotatable bonds is 0. The Morgan fingerprint density at radius 1 is 1.44 bits per heavy atom. The molecule has 2 aliphatic heterocycles. The van der Waals surface area contributed by atoms with Crippen molar-refractivity contribution in [2.45, 2.75) is 0 Å². The van der Waals surface area contributed by atoms with Gasteiger partial charge >= 0.3 is 5.84 Å². The molecule has 0 spiro atoms. The molecule has 2 heterocycles. The first-order valence-corrected chi connectivity index (χ1v) is 2.56. The molecule has 0 aromatic carbocycles. The number of hydrogen-bond acceptors (Lipinski definition) is 4. The van der Waals surface area contributed by atoms with E-state index >= 15 is 0 Å². The second kappa shape index (κ2) is 1.60. The molecule has 0 N–H and O–H groups in total. The second-order valence-electron chi connectivity index (χ2n) is 1.64. The van der Waals surface area contributed by atoms with Crippen LogP contribution < -0.4 is 5.01 Å². The molecule has 43 valence electrons. The topological polar surface area (TPSA) is 43.0 Å². The number of hydrogen-bond donors (Lipinski definition) is 0. The maximum atomic E-state index is 3.91. The van der Waals surface area contributed by atoms with E-state index in [2.05, 4.69) is 15.1 Å². The van der Waals surface area contributed by atoms with Gasteiger partial charge in [-0.1, -0.05) is 0 Å². The first-order valence-electron chi connectivity index (χ1n) is 2.56. The summed E-state index contributed by atoms with van der Waals surface area (Å²) in [6, 6.07) is 0. The van der Waals surface area contributed by atoms with Crippen molar-refractivity contribution in [2.75, 3.05) is 0 Å². The van der Waals surface area contributed by atoms with Gasteiger partial charge in [-0.2, -0.15) is 4.99 Å². The number of hydrazone groups is 1. The molecule has 0 aromatic heterocycles. The highest BCUT2D eigenvalue weighted by atomic mass is 15.5. The highest BCUT2D eigenvalue weighted by Gasteiger charge is 2.25. The summed E-state index contributed by atoms with van der Waals surface area (Å²) in [7, 11) is 0. The van der Waals surface area contributed by atoms with Crippen molar-refractivity contribution < 1.29 is 0 Å². The van der Waals surface area contributed by atoms with Crippen molar-refractivity contribution in [1.82, 2.24) is 5.01 Å². The van der Waals surface area contributed by atoms with E-state index in [-0.39, 0.29) is 0 Å². The van der Waals surface area contributed by atoms with Gasteiger partial charge in [-0.3, -0.25) is 4.99 Å². The lowest BCUT2D eigenvalue weighted by molar-refractivity contribution is 0.801. The van der Waals surface area contributed by atoms with E-state index in [0.717, 1.165) is 5.84 Å². The largest absolute Gasteiger partial charge is 0.332 e. The number of fused-ring (bicyclic) bond motifs is 1. The van der Waals surface area contributed by atoms with E-state index < -0.39 is 0 Å². The highest BCUT2D eigenvalue weighted by molar-refractivity contribution is 6.33. The van der Waals surface area contributed by atoms with Crippen LogP contribution in [0.2, 0.25) is 0 Å². The first kappa shape index (κ1) is 4.58. The standard InChI is InChI=1S/C5H4N4/c1-2-9-5(3-6-1)7-4-8-9/h1-4H/q+1. The average Bonchev–Trinajstić information content (AvgIpc) is 2.33. The summed E-state index contributed by atoms with van der Waals surface area (Å²) in [5.74, 6) is 0.775. The van der Waals surface area contributed by atoms with Crippen LogP contribution >= 0.6 is 0 Å². The fraction of sp³-hybridized carbons (Fsp3) is 0. The second-order valence-corrected chi connectivity index (χ2v) is 1.64. The van der Waals surface area contributed by atoms with Crippen molar-refractivity contribution in [3.63, 3.8) is 0 Å². The van der Waals surface area contributed by atoms with Gasteiger partial charge in [-0.05, 0) is 5.10 Å². The van der Waals surface area contributed by atoms with Crippen molar-refractivity contribution in [1.29, 1.82) is 0 Å². The lowest BCUT2D eigenvalue weighted by atomic mass is 10.5. The summed E-state index contributed by atoms with van der Waals surface area (Å²) < 4.78 is 0. The molecule has 0 fully saturated rings. The van der Waals surface area contributed by atoms with Crippen LogP contribution in [0.5, 0.6) is 0 Å². The third-order valence-electron chi connectivity index (χ3n) is 1.08. The Morgan fingerprint density at radius 3 is 3.33 bits per heavy atom. The molecule has 0 unspecified atom stereocenters. The lowest BCUT2D eigenvalue weighted by Gasteiger charge is -1.91. The predicted molar refractivity (Wildman–Crippen MR) is 35.7 cm³/mol. The first-order chi connectivity index (χ1) is 4.47. The zero-order valence-electron chi connectivity index (χ0n) is 4.60. The maximum absolute atomic E-state index is 3.91. The van der Waals surface area contributed by atoms with Crippen LogP contribution in [0.4, 0.5) is 0 Å². The number of amidine groups is 1. The molecule has 0 amide bonds. The summed E-state index contributed by atoms with van der Waals surface area (Å²) >= 11 is 0. The third kappa shape index (κ3) is 0.603. The molecule has 0 atom stereocenters. The Balaban J connectivity index is 2.40. The molecule has 9 heavy (non-hydrogen) atoms. The van der Waals surface area contributed by atoms with Crippen molar-refractivity contribution in [3.05, 3.63) is 12.4 Å². The Morgan fingerprint density at radius 2 is 2.44 bits per heavy atom. The fourth-order valence-corrected chi connectivity index (χ4v) is 0.678. The van der Waals surface area contributed by atoms with Gasteiger partial charge < -0.3 is 0 Å². The Bertz CT molecular complexity index is 235. The minimum atomic E-state index is 0.775. The van der Waals surface area contributed by atoms with Gasteiger partial charge in [-0.15, -0.1) is 0 Å². The summed E-state index contributed by atoms with van der Waals surface area (Å²) in [4.78, 5) is 7.77. The van der Waals surface area contributed by atoms with Crippen molar-refractivity contribution >= 4 is 18.4 Å². The molecule has 1 radical (unpaired) electrons. The van der Waals surface area contributed by atoms with Crippen molar-refractivity contribution in [3.8, 4) is 0 Å². The van der Waals surface area contributed by atoms with Crippen LogP contribution in [0.15, 0.2) is 27.5 Å². The van der Waals surface area contributed by atoms with Gasteiger partial charge in [0.1, 0.15) is 6.21 Å². The average molecular weight is 120 g/mol. The van der Waals surface area contributed by atoms with E-state index in [1.807, 2.05) is 0 Å². The fourth-order valence-electron chi connectivity index (χ4n) is 0.678. The van der Waals surface area contributed by atoms with Crippen LogP contribution in [0.3, 0.4) is 0 Å². The van der Waals surface area contributed by atoms with E-state index in [1.54, 1.807) is 23.6 Å². The summed E-state index contributed by atoms with van der Waals surface area (Å²) in [6.45, 7) is 0. The summed E-state index contributed by atoms with van der Waals surface area (Å²) in [6.07, 6.45) is 6.58. The van der Waals surface area contributed by atoms with E-state index in [4.69, 9.17) is 0 Å². The predicted octanol–water partition coefficient (Wildman–Crippen LogP) is 0.0375. The van der Waals surface area contributed by atoms with Crippen LogP contribution in [-0.2, 0) is 0 Å². The van der Waals surface area contributed by atoms with Gasteiger partial charge in [0.2, 0.25) is 6.20 Å². The molecule has 0 saturated heterocycles. The lowest BCUT2D eigenvalue weighted by Crippen LogP contribution is -2.25. The Labute approximate surface area is 51.9 Å². The quantitative estimate of drug-likeness (QED) is 0.405. The van der Waals surface area contributed by atoms with Gasteiger partial charge in [0.25, 0.3) is 0 Å². The monoisotopic (exact) mass is 120 g/mol. The van der Waals surface area contributed by atoms with E-state index in [9.17, 15) is 0 Å². The molecule has 0 saturated carbocycles. The van der Waals surface area contributed by atoms with Gasteiger partial charge in [0, 0.05) is 0 Å². The number of aliphatic imine (C=N–C) groups is 2. The Kier molecular flexibility index (Phi) is 0.811. The minimum absolute atomic E-state index is 0.775. The molecule has 2 aliphatic rings. The molecule has 2 rings (SSSR count). The number of nitrogens with zero attached hydrogens (tertiary/aromatic N) is 4. The van der Waals surface area contributed by atoms with Gasteiger partial charge in [0.15, 0.2) is 6.34 Å². The SMILES string of the molecule is C1=C[N+]2N=CN=C2C=N1. The molecule has 0 bridgehead atoms. The van der Waals surface area contributed by atoms with Crippen molar-refractivity contribution in [2.24, 2.45) is 15.1 Å². The van der Waals surface area contributed by atoms with Gasteiger partial charge in [-0.25, -0.2) is 0 Å². The van der Waals surface area contributed by atoms with E-state index in [1.165, 1.54) is 6.34 Å². The molecule has 4 heteroatoms. The molecule has 0 aliphatic carbocycles. The van der Waals surface area contributed by atoms with Crippen LogP contribution in [0.25, 0.3) is 0 Å². The minimum Gasteiger partial charge on any atom is -0.250 e. The maximum Gasteiger partial charge on any atom is 0.332 e. The normalized spacial score (nSPS) is 22.4. The summed E-state index contributed by atoms with van der Waals surface area (Å²) in [5, 5.41) is 5.54. The smallest absolute Gasteiger partial charge is 0.250 e. The molecule has 4 nitrogen and oxygen atoms in total.